The first kappa shape index (κ1) is 15.7. The summed E-state index contributed by atoms with van der Waals surface area (Å²) in [5.74, 6) is 1.72. The number of fused-ring (bicyclic) bond motifs is 1. The highest BCUT2D eigenvalue weighted by atomic mass is 16.5. The first-order valence-corrected chi connectivity index (χ1v) is 8.48. The first-order chi connectivity index (χ1) is 12.3. The van der Waals surface area contributed by atoms with Gasteiger partial charge in [-0.25, -0.2) is 9.67 Å². The summed E-state index contributed by atoms with van der Waals surface area (Å²) in [6, 6.07) is 7.71. The smallest absolute Gasteiger partial charge is 0.262 e. The van der Waals surface area contributed by atoms with E-state index in [1.807, 2.05) is 28.9 Å². The molecule has 1 aliphatic rings. The summed E-state index contributed by atoms with van der Waals surface area (Å²) in [7, 11) is 1.59. The fourth-order valence-electron chi connectivity index (χ4n) is 3.35. The molecular formula is C18H20N4O3. The van der Waals surface area contributed by atoms with Crippen LogP contribution in [0.3, 0.4) is 0 Å². The van der Waals surface area contributed by atoms with Gasteiger partial charge in [0, 0.05) is 0 Å². The molecule has 25 heavy (non-hydrogen) atoms. The van der Waals surface area contributed by atoms with E-state index in [0.29, 0.717) is 34.4 Å². The number of nitrogens with one attached hydrogen (secondary N) is 1. The molecule has 7 nitrogen and oxygen atoms in total. The van der Waals surface area contributed by atoms with Gasteiger partial charge in [-0.1, -0.05) is 25.0 Å². The highest BCUT2D eigenvalue weighted by Crippen LogP contribution is 2.30. The number of ether oxygens (including phenoxy) is 2. The van der Waals surface area contributed by atoms with Gasteiger partial charge in [0.25, 0.3) is 5.56 Å². The van der Waals surface area contributed by atoms with Gasteiger partial charge >= 0.3 is 0 Å². The van der Waals surface area contributed by atoms with Gasteiger partial charge in [-0.15, -0.1) is 0 Å². The van der Waals surface area contributed by atoms with E-state index in [9.17, 15) is 4.79 Å². The molecule has 0 saturated heterocycles. The van der Waals surface area contributed by atoms with Gasteiger partial charge in [0.05, 0.1) is 19.3 Å². The van der Waals surface area contributed by atoms with E-state index in [1.54, 1.807) is 13.3 Å². The Morgan fingerprint density at radius 2 is 2.00 bits per heavy atom. The van der Waals surface area contributed by atoms with Crippen LogP contribution in [0, 0.1) is 0 Å². The summed E-state index contributed by atoms with van der Waals surface area (Å²) in [6.45, 7) is 0.154. The Labute approximate surface area is 144 Å². The monoisotopic (exact) mass is 340 g/mol. The Hall–Kier alpha value is -2.83. The molecule has 130 valence electrons. The number of hydrogen-bond donors (Lipinski definition) is 1. The molecule has 0 bridgehead atoms. The van der Waals surface area contributed by atoms with Crippen LogP contribution in [0.15, 0.2) is 35.3 Å². The number of aromatic nitrogens is 4. The second-order valence-electron chi connectivity index (χ2n) is 6.22. The van der Waals surface area contributed by atoms with Crippen molar-refractivity contribution in [2.45, 2.75) is 38.3 Å². The van der Waals surface area contributed by atoms with E-state index in [1.165, 1.54) is 12.8 Å². The molecule has 4 rings (SSSR count). The highest BCUT2D eigenvalue weighted by molar-refractivity contribution is 5.73. The van der Waals surface area contributed by atoms with Gasteiger partial charge < -0.3 is 14.5 Å². The van der Waals surface area contributed by atoms with E-state index in [0.717, 1.165) is 12.8 Å². The van der Waals surface area contributed by atoms with Crippen LogP contribution in [0.25, 0.3) is 11.0 Å². The average molecular weight is 340 g/mol. The van der Waals surface area contributed by atoms with Crippen molar-refractivity contribution in [3.05, 3.63) is 46.6 Å². The predicted molar refractivity (Wildman–Crippen MR) is 93.0 cm³/mol. The number of benzene rings is 1. The van der Waals surface area contributed by atoms with Crippen LogP contribution in [0.2, 0.25) is 0 Å². The standard InChI is InChI=1S/C18H20N4O3/c1-24-14-8-4-5-9-15(14)25-11-16-20-17-13(18(23)21-16)10-19-22(17)12-6-2-3-7-12/h4-5,8-10,12H,2-3,6-7,11H2,1H3,(H,20,21,23). The van der Waals surface area contributed by atoms with Gasteiger partial charge in [0.15, 0.2) is 17.1 Å². The number of methoxy groups -OCH3 is 1. The molecular weight excluding hydrogens is 320 g/mol. The maximum Gasteiger partial charge on any atom is 0.262 e. The number of rotatable bonds is 5. The Kier molecular flexibility index (Phi) is 4.13. The van der Waals surface area contributed by atoms with Crippen molar-refractivity contribution in [2.24, 2.45) is 0 Å². The van der Waals surface area contributed by atoms with Crippen LogP contribution in [0.4, 0.5) is 0 Å². The van der Waals surface area contributed by atoms with Crippen LogP contribution < -0.4 is 15.0 Å². The molecule has 1 fully saturated rings. The maximum atomic E-state index is 12.3. The summed E-state index contributed by atoms with van der Waals surface area (Å²) in [4.78, 5) is 19.7. The SMILES string of the molecule is COc1ccccc1OCc1nc2c(cnn2C2CCCC2)c(=O)[nH]1. The van der Waals surface area contributed by atoms with Crippen molar-refractivity contribution in [2.75, 3.05) is 7.11 Å². The van der Waals surface area contributed by atoms with E-state index in [4.69, 9.17) is 9.47 Å². The third-order valence-corrected chi connectivity index (χ3v) is 4.62. The average Bonchev–Trinajstić information content (AvgIpc) is 3.29. The molecule has 0 radical (unpaired) electrons. The molecule has 0 spiro atoms. The van der Waals surface area contributed by atoms with Crippen molar-refractivity contribution in [1.29, 1.82) is 0 Å². The Balaban J connectivity index is 1.63. The second kappa shape index (κ2) is 6.58. The van der Waals surface area contributed by atoms with Gasteiger partial charge in [0.2, 0.25) is 0 Å². The van der Waals surface area contributed by atoms with Crippen LogP contribution in [0.5, 0.6) is 11.5 Å². The number of nitrogens with zero attached hydrogens (tertiary/aromatic N) is 3. The van der Waals surface area contributed by atoms with Gasteiger partial charge in [0.1, 0.15) is 17.8 Å². The van der Waals surface area contributed by atoms with Crippen molar-refractivity contribution in [3.8, 4) is 11.5 Å². The van der Waals surface area contributed by atoms with Crippen LogP contribution in [-0.4, -0.2) is 26.9 Å². The first-order valence-electron chi connectivity index (χ1n) is 8.48. The summed E-state index contributed by atoms with van der Waals surface area (Å²) >= 11 is 0. The zero-order valence-corrected chi connectivity index (χ0v) is 14.1. The molecule has 2 aromatic heterocycles. The fourth-order valence-corrected chi connectivity index (χ4v) is 3.35. The largest absolute Gasteiger partial charge is 0.493 e. The highest BCUT2D eigenvalue weighted by Gasteiger charge is 2.21. The van der Waals surface area contributed by atoms with E-state index in [-0.39, 0.29) is 12.2 Å². The fraction of sp³-hybridized carbons (Fsp3) is 0.389. The lowest BCUT2D eigenvalue weighted by Gasteiger charge is -2.12. The molecule has 2 heterocycles. The third kappa shape index (κ3) is 2.97. The number of aromatic amines is 1. The number of H-pyrrole nitrogens is 1. The summed E-state index contributed by atoms with van der Waals surface area (Å²) in [5.41, 5.74) is 0.446. The predicted octanol–water partition coefficient (Wildman–Crippen LogP) is 2.82. The van der Waals surface area contributed by atoms with Gasteiger partial charge in [-0.05, 0) is 25.0 Å². The molecule has 7 heteroatoms. The minimum Gasteiger partial charge on any atom is -0.493 e. The molecule has 0 unspecified atom stereocenters. The van der Waals surface area contributed by atoms with Crippen molar-refractivity contribution >= 4 is 11.0 Å². The van der Waals surface area contributed by atoms with Crippen molar-refractivity contribution in [3.63, 3.8) is 0 Å². The quantitative estimate of drug-likeness (QED) is 0.772. The Morgan fingerprint density at radius 3 is 2.76 bits per heavy atom. The minimum atomic E-state index is -0.187. The van der Waals surface area contributed by atoms with Crippen molar-refractivity contribution < 1.29 is 9.47 Å². The zero-order valence-electron chi connectivity index (χ0n) is 14.1. The molecule has 3 aromatic rings. The van der Waals surface area contributed by atoms with Crippen molar-refractivity contribution in [1.82, 2.24) is 19.7 Å². The maximum absolute atomic E-state index is 12.3. The summed E-state index contributed by atoms with van der Waals surface area (Å²) in [5, 5.41) is 4.92. The van der Waals surface area contributed by atoms with E-state index >= 15 is 0 Å². The Morgan fingerprint density at radius 1 is 1.24 bits per heavy atom. The molecule has 1 N–H and O–H groups in total. The van der Waals surface area contributed by atoms with Gasteiger partial charge in [-0.3, -0.25) is 4.79 Å². The minimum absolute atomic E-state index is 0.154. The van der Waals surface area contributed by atoms with Gasteiger partial charge in [-0.2, -0.15) is 5.10 Å². The Bertz CT molecular complexity index is 941. The lowest BCUT2D eigenvalue weighted by molar-refractivity contribution is 0.276. The summed E-state index contributed by atoms with van der Waals surface area (Å²) in [6.07, 6.45) is 6.15. The molecule has 1 aromatic carbocycles. The van der Waals surface area contributed by atoms with E-state index in [2.05, 4.69) is 15.1 Å². The second-order valence-corrected chi connectivity index (χ2v) is 6.22. The molecule has 0 aliphatic heterocycles. The molecule has 1 saturated carbocycles. The lowest BCUT2D eigenvalue weighted by Crippen LogP contribution is -2.15. The van der Waals surface area contributed by atoms with Crippen LogP contribution in [-0.2, 0) is 6.61 Å². The van der Waals surface area contributed by atoms with Crippen LogP contribution in [0.1, 0.15) is 37.5 Å². The van der Waals surface area contributed by atoms with E-state index < -0.39 is 0 Å². The number of para-hydroxylation sites is 2. The van der Waals surface area contributed by atoms with Crippen LogP contribution >= 0.6 is 0 Å². The number of hydrogen-bond acceptors (Lipinski definition) is 5. The zero-order chi connectivity index (χ0) is 17.2. The normalized spacial score (nSPS) is 14.9. The molecule has 0 atom stereocenters. The lowest BCUT2D eigenvalue weighted by atomic mass is 10.2. The molecule has 0 amide bonds. The summed E-state index contributed by atoms with van der Waals surface area (Å²) < 4.78 is 12.9. The molecule has 1 aliphatic carbocycles. The topological polar surface area (TPSA) is 82.0 Å². The third-order valence-electron chi connectivity index (χ3n) is 4.62.